The Morgan fingerprint density at radius 3 is 2.71 bits per heavy atom. The fourth-order valence-corrected chi connectivity index (χ4v) is 2.63. The molecule has 0 saturated carbocycles. The lowest BCUT2D eigenvalue weighted by atomic mass is 10.2. The third-order valence-electron chi connectivity index (χ3n) is 2.94. The number of nitro groups is 1. The first kappa shape index (κ1) is 15.3. The Morgan fingerprint density at radius 2 is 2.14 bits per heavy atom. The van der Waals surface area contributed by atoms with Gasteiger partial charge < -0.3 is 9.88 Å². The molecule has 0 aliphatic heterocycles. The second-order valence-electron chi connectivity index (χ2n) is 4.59. The molecule has 0 amide bonds. The summed E-state index contributed by atoms with van der Waals surface area (Å²) < 4.78 is 1.85. The van der Waals surface area contributed by atoms with E-state index >= 15 is 0 Å². The van der Waals surface area contributed by atoms with E-state index in [-0.39, 0.29) is 10.6 Å². The summed E-state index contributed by atoms with van der Waals surface area (Å²) in [6, 6.07) is 4.98. The summed E-state index contributed by atoms with van der Waals surface area (Å²) in [6.45, 7) is 4.68. The minimum Gasteiger partial charge on any atom is -0.385 e. The molecule has 0 spiro atoms. The second kappa shape index (κ2) is 6.57. The van der Waals surface area contributed by atoms with Gasteiger partial charge >= 0.3 is 0 Å². The van der Waals surface area contributed by atoms with Crippen LogP contribution in [0.2, 0.25) is 0 Å². The highest BCUT2D eigenvalue weighted by atomic mass is 32.2. The van der Waals surface area contributed by atoms with Crippen LogP contribution in [0.4, 0.5) is 11.4 Å². The average molecular weight is 307 g/mol. The van der Waals surface area contributed by atoms with Gasteiger partial charge in [0.25, 0.3) is 5.69 Å². The molecule has 0 saturated heterocycles. The lowest BCUT2D eigenvalue weighted by Gasteiger charge is -2.07. The molecule has 2 rings (SSSR count). The zero-order valence-electron chi connectivity index (χ0n) is 12.2. The Bertz CT molecular complexity index is 656. The van der Waals surface area contributed by atoms with Crippen LogP contribution >= 0.6 is 11.8 Å². The van der Waals surface area contributed by atoms with E-state index in [0.717, 1.165) is 29.4 Å². The topological polar surface area (TPSA) is 85.9 Å². The highest BCUT2D eigenvalue weighted by molar-refractivity contribution is 7.99. The number of hydrogen-bond acceptors (Lipinski definition) is 6. The average Bonchev–Trinajstić information content (AvgIpc) is 2.77. The van der Waals surface area contributed by atoms with E-state index in [1.807, 2.05) is 31.5 Å². The van der Waals surface area contributed by atoms with Crippen LogP contribution in [-0.4, -0.2) is 26.2 Å². The molecule has 0 atom stereocenters. The van der Waals surface area contributed by atoms with Crippen LogP contribution in [-0.2, 0) is 7.05 Å². The summed E-state index contributed by atoms with van der Waals surface area (Å²) in [5, 5.41) is 23.0. The van der Waals surface area contributed by atoms with Gasteiger partial charge in [-0.25, -0.2) is 0 Å². The predicted molar refractivity (Wildman–Crippen MR) is 81.7 cm³/mol. The van der Waals surface area contributed by atoms with Gasteiger partial charge in [0.2, 0.25) is 0 Å². The summed E-state index contributed by atoms with van der Waals surface area (Å²) in [4.78, 5) is 11.4. The maximum Gasteiger partial charge on any atom is 0.272 e. The lowest BCUT2D eigenvalue weighted by Crippen LogP contribution is -2.01. The minimum absolute atomic E-state index is 0.0671. The van der Waals surface area contributed by atoms with Gasteiger partial charge in [-0.1, -0.05) is 6.92 Å². The van der Waals surface area contributed by atoms with Crippen molar-refractivity contribution in [2.75, 3.05) is 11.9 Å². The van der Waals surface area contributed by atoms with Gasteiger partial charge in [-0.2, -0.15) is 0 Å². The number of nitro benzene ring substituents is 1. The number of non-ortho nitro benzene ring substituents is 1. The van der Waals surface area contributed by atoms with Crippen LogP contribution in [0.3, 0.4) is 0 Å². The van der Waals surface area contributed by atoms with E-state index in [1.165, 1.54) is 11.8 Å². The van der Waals surface area contributed by atoms with Gasteiger partial charge in [-0.05, 0) is 31.2 Å². The fourth-order valence-electron chi connectivity index (χ4n) is 1.70. The van der Waals surface area contributed by atoms with Crippen LogP contribution < -0.4 is 5.32 Å². The van der Waals surface area contributed by atoms with Gasteiger partial charge in [0.05, 0.1) is 4.92 Å². The first-order valence-electron chi connectivity index (χ1n) is 6.58. The minimum atomic E-state index is -0.386. The Labute approximate surface area is 126 Å². The highest BCUT2D eigenvalue weighted by Gasteiger charge is 2.13. The quantitative estimate of drug-likeness (QED) is 0.652. The van der Waals surface area contributed by atoms with Gasteiger partial charge in [-0.15, -0.1) is 10.2 Å². The molecule has 1 N–H and O–H groups in total. The molecule has 8 heteroatoms. The van der Waals surface area contributed by atoms with Crippen LogP contribution in [0.5, 0.6) is 0 Å². The number of rotatable bonds is 6. The molecule has 0 unspecified atom stereocenters. The molecule has 2 aromatic rings. The molecule has 21 heavy (non-hydrogen) atoms. The molecule has 0 bridgehead atoms. The Morgan fingerprint density at radius 1 is 1.38 bits per heavy atom. The number of aryl methyl sites for hydroxylation is 1. The molecule has 112 valence electrons. The molecular weight excluding hydrogens is 290 g/mol. The summed E-state index contributed by atoms with van der Waals surface area (Å²) in [7, 11) is 1.87. The van der Waals surface area contributed by atoms with Crippen molar-refractivity contribution in [1.29, 1.82) is 0 Å². The van der Waals surface area contributed by atoms with Gasteiger partial charge in [0.1, 0.15) is 5.82 Å². The van der Waals surface area contributed by atoms with E-state index in [4.69, 9.17) is 0 Å². The molecule has 7 nitrogen and oxygen atoms in total. The number of aromatic nitrogens is 3. The molecule has 1 aromatic heterocycles. The Kier molecular flexibility index (Phi) is 4.79. The van der Waals surface area contributed by atoms with E-state index in [0.29, 0.717) is 5.16 Å². The molecule has 0 radical (unpaired) electrons. The number of benzene rings is 1. The van der Waals surface area contributed by atoms with Crippen LogP contribution in [0.15, 0.2) is 28.3 Å². The summed E-state index contributed by atoms with van der Waals surface area (Å²) in [6.07, 6.45) is 0.952. The van der Waals surface area contributed by atoms with Crippen molar-refractivity contribution in [1.82, 2.24) is 14.8 Å². The Balaban J connectivity index is 2.31. The largest absolute Gasteiger partial charge is 0.385 e. The molecule has 1 heterocycles. The van der Waals surface area contributed by atoms with Gasteiger partial charge in [0, 0.05) is 36.3 Å². The zero-order chi connectivity index (χ0) is 15.4. The van der Waals surface area contributed by atoms with Crippen LogP contribution in [0.1, 0.15) is 19.2 Å². The molecule has 0 fully saturated rings. The maximum absolute atomic E-state index is 11.0. The predicted octanol–water partition coefficient (Wildman–Crippen LogP) is 3.00. The molecule has 1 aromatic carbocycles. The number of nitrogens with one attached hydrogen (secondary N) is 1. The van der Waals surface area contributed by atoms with Gasteiger partial charge in [0.15, 0.2) is 5.16 Å². The number of nitrogens with zero attached hydrogens (tertiary/aromatic N) is 4. The molecule has 0 aliphatic rings. The van der Waals surface area contributed by atoms with Crippen molar-refractivity contribution in [3.05, 3.63) is 34.1 Å². The van der Waals surface area contributed by atoms with Crippen LogP contribution in [0.25, 0.3) is 0 Å². The van der Waals surface area contributed by atoms with Crippen molar-refractivity contribution < 1.29 is 4.92 Å². The number of hydrogen-bond donors (Lipinski definition) is 1. The smallest absolute Gasteiger partial charge is 0.272 e. The first-order valence-corrected chi connectivity index (χ1v) is 7.40. The summed E-state index contributed by atoms with van der Waals surface area (Å²) in [5.74, 6) is 0.798. The third kappa shape index (κ3) is 3.72. The normalized spacial score (nSPS) is 10.6. The van der Waals surface area contributed by atoms with Crippen molar-refractivity contribution >= 4 is 23.1 Å². The highest BCUT2D eigenvalue weighted by Crippen LogP contribution is 2.32. The van der Waals surface area contributed by atoms with Crippen molar-refractivity contribution in [2.24, 2.45) is 7.05 Å². The first-order chi connectivity index (χ1) is 10.0. The lowest BCUT2D eigenvalue weighted by molar-refractivity contribution is -0.385. The summed E-state index contributed by atoms with van der Waals surface area (Å²) >= 11 is 1.36. The maximum atomic E-state index is 11.0. The molecule has 0 aliphatic carbocycles. The SMILES string of the molecule is CCCNc1cc(Sc2nnc(C)n2C)cc([N+](=O)[O-])c1. The zero-order valence-corrected chi connectivity index (χ0v) is 13.0. The standard InChI is InChI=1S/C13H17N5O2S/c1-4-5-14-10-6-11(18(19)20)8-12(7-10)21-13-16-15-9(2)17(13)3/h6-8,14H,4-5H2,1-3H3. The van der Waals surface area contributed by atoms with E-state index in [9.17, 15) is 10.1 Å². The third-order valence-corrected chi connectivity index (χ3v) is 3.95. The fraction of sp³-hybridized carbons (Fsp3) is 0.385. The van der Waals surface area contributed by atoms with Gasteiger partial charge in [-0.3, -0.25) is 10.1 Å². The second-order valence-corrected chi connectivity index (χ2v) is 5.63. The van der Waals surface area contributed by atoms with Crippen molar-refractivity contribution in [3.8, 4) is 0 Å². The van der Waals surface area contributed by atoms with E-state index in [2.05, 4.69) is 15.5 Å². The monoisotopic (exact) mass is 307 g/mol. The van der Waals surface area contributed by atoms with E-state index in [1.54, 1.807) is 12.1 Å². The summed E-state index contributed by atoms with van der Waals surface area (Å²) in [5.41, 5.74) is 0.810. The van der Waals surface area contributed by atoms with Crippen molar-refractivity contribution in [3.63, 3.8) is 0 Å². The number of anilines is 1. The molecular formula is C13H17N5O2S. The van der Waals surface area contributed by atoms with Crippen molar-refractivity contribution in [2.45, 2.75) is 30.3 Å². The van der Waals surface area contributed by atoms with Crippen LogP contribution in [0, 0.1) is 17.0 Å². The Hall–Kier alpha value is -2.09. The van der Waals surface area contributed by atoms with E-state index < -0.39 is 0 Å².